The fourth-order valence-corrected chi connectivity index (χ4v) is 1.36. The van der Waals surface area contributed by atoms with Crippen molar-refractivity contribution in [1.82, 2.24) is 15.2 Å². The number of nitrogens with zero attached hydrogens (tertiary/aromatic N) is 3. The van der Waals surface area contributed by atoms with Gasteiger partial charge < -0.3 is 15.5 Å². The fourth-order valence-electron chi connectivity index (χ4n) is 1.36. The lowest BCUT2D eigenvalue weighted by Crippen LogP contribution is -2.04. The standard InChI is InChI=1S/C11H15N5O/c1-7-5-13-4-3-9(7)6-14-11-16-15-10(17-11)8(2)12/h3-5,8H,6,12H2,1-2H3,(H,14,16). The second-order valence-corrected chi connectivity index (χ2v) is 3.89. The van der Waals surface area contributed by atoms with Crippen molar-refractivity contribution in [2.24, 2.45) is 5.73 Å². The van der Waals surface area contributed by atoms with Gasteiger partial charge in [-0.3, -0.25) is 4.98 Å². The van der Waals surface area contributed by atoms with Crippen LogP contribution in [-0.4, -0.2) is 15.2 Å². The molecular weight excluding hydrogens is 218 g/mol. The summed E-state index contributed by atoms with van der Waals surface area (Å²) in [4.78, 5) is 4.03. The van der Waals surface area contributed by atoms with Crippen LogP contribution in [0.25, 0.3) is 0 Å². The first-order valence-corrected chi connectivity index (χ1v) is 5.39. The summed E-state index contributed by atoms with van der Waals surface area (Å²) in [6.07, 6.45) is 3.57. The van der Waals surface area contributed by atoms with Crippen molar-refractivity contribution in [3.63, 3.8) is 0 Å². The molecule has 2 aromatic heterocycles. The predicted octanol–water partition coefficient (Wildman–Crippen LogP) is 1.40. The number of nitrogens with two attached hydrogens (primary N) is 1. The maximum atomic E-state index is 5.63. The molecule has 17 heavy (non-hydrogen) atoms. The Hall–Kier alpha value is -1.95. The molecule has 90 valence electrons. The Balaban J connectivity index is 2.00. The van der Waals surface area contributed by atoms with E-state index in [0.29, 0.717) is 18.5 Å². The van der Waals surface area contributed by atoms with E-state index in [1.807, 2.05) is 19.2 Å². The molecule has 0 spiro atoms. The Morgan fingerprint density at radius 2 is 2.29 bits per heavy atom. The minimum Gasteiger partial charge on any atom is -0.406 e. The Labute approximate surface area is 99.3 Å². The number of nitrogens with one attached hydrogen (secondary N) is 1. The van der Waals surface area contributed by atoms with E-state index >= 15 is 0 Å². The molecule has 0 aliphatic rings. The monoisotopic (exact) mass is 233 g/mol. The second kappa shape index (κ2) is 4.92. The minimum absolute atomic E-state index is 0.249. The van der Waals surface area contributed by atoms with Gasteiger partial charge in [-0.15, -0.1) is 5.10 Å². The molecule has 0 amide bonds. The molecule has 6 heteroatoms. The molecule has 0 saturated carbocycles. The van der Waals surface area contributed by atoms with Gasteiger partial charge in [0.05, 0.1) is 6.04 Å². The second-order valence-electron chi connectivity index (χ2n) is 3.89. The van der Waals surface area contributed by atoms with Gasteiger partial charge in [-0.2, -0.15) is 0 Å². The quantitative estimate of drug-likeness (QED) is 0.829. The van der Waals surface area contributed by atoms with Gasteiger partial charge in [-0.1, -0.05) is 5.10 Å². The van der Waals surface area contributed by atoms with Crippen LogP contribution in [0.1, 0.15) is 30.0 Å². The highest BCUT2D eigenvalue weighted by Gasteiger charge is 2.09. The maximum absolute atomic E-state index is 5.63. The summed E-state index contributed by atoms with van der Waals surface area (Å²) in [6.45, 7) is 4.42. The Bertz CT molecular complexity index is 494. The molecule has 0 bridgehead atoms. The molecule has 0 saturated heterocycles. The average Bonchev–Trinajstić information content (AvgIpc) is 2.77. The summed E-state index contributed by atoms with van der Waals surface area (Å²) in [5.74, 6) is 0.430. The molecule has 0 aromatic carbocycles. The van der Waals surface area contributed by atoms with E-state index in [1.165, 1.54) is 0 Å². The summed E-state index contributed by atoms with van der Waals surface area (Å²) in [5, 5.41) is 10.7. The number of aromatic nitrogens is 3. The lowest BCUT2D eigenvalue weighted by atomic mass is 10.2. The van der Waals surface area contributed by atoms with E-state index in [2.05, 4.69) is 20.5 Å². The number of aryl methyl sites for hydroxylation is 1. The zero-order chi connectivity index (χ0) is 12.3. The van der Waals surface area contributed by atoms with Crippen molar-refractivity contribution in [2.45, 2.75) is 26.4 Å². The molecular formula is C11H15N5O. The Morgan fingerprint density at radius 3 is 2.94 bits per heavy atom. The third kappa shape index (κ3) is 2.79. The first-order valence-electron chi connectivity index (χ1n) is 5.39. The van der Waals surface area contributed by atoms with Crippen LogP contribution in [0, 0.1) is 6.92 Å². The molecule has 0 radical (unpaired) electrons. The maximum Gasteiger partial charge on any atom is 0.315 e. The van der Waals surface area contributed by atoms with E-state index < -0.39 is 0 Å². The Morgan fingerprint density at radius 1 is 1.47 bits per heavy atom. The van der Waals surface area contributed by atoms with Crippen LogP contribution >= 0.6 is 0 Å². The molecule has 0 aliphatic carbocycles. The van der Waals surface area contributed by atoms with Crippen LogP contribution in [0.15, 0.2) is 22.9 Å². The van der Waals surface area contributed by atoms with Crippen LogP contribution in [0.2, 0.25) is 0 Å². The van der Waals surface area contributed by atoms with Gasteiger partial charge in [-0.25, -0.2) is 0 Å². The number of rotatable bonds is 4. The lowest BCUT2D eigenvalue weighted by molar-refractivity contribution is 0.472. The Kier molecular flexibility index (Phi) is 3.34. The zero-order valence-electron chi connectivity index (χ0n) is 9.84. The number of hydrogen-bond donors (Lipinski definition) is 2. The van der Waals surface area contributed by atoms with E-state index in [4.69, 9.17) is 10.2 Å². The van der Waals surface area contributed by atoms with Crippen LogP contribution in [0.5, 0.6) is 0 Å². The smallest absolute Gasteiger partial charge is 0.315 e. The number of hydrogen-bond acceptors (Lipinski definition) is 6. The lowest BCUT2D eigenvalue weighted by Gasteiger charge is -2.04. The first kappa shape index (κ1) is 11.5. The summed E-state index contributed by atoms with van der Waals surface area (Å²) >= 11 is 0. The van der Waals surface area contributed by atoms with Crippen molar-refractivity contribution >= 4 is 6.01 Å². The average molecular weight is 233 g/mol. The summed E-state index contributed by atoms with van der Waals surface area (Å²) in [6, 6.07) is 2.08. The molecule has 1 unspecified atom stereocenters. The molecule has 0 aliphatic heterocycles. The third-order valence-electron chi connectivity index (χ3n) is 2.40. The van der Waals surface area contributed by atoms with E-state index in [9.17, 15) is 0 Å². The molecule has 2 rings (SSSR count). The SMILES string of the molecule is Cc1cnccc1CNc1nnc(C(C)N)o1. The van der Waals surface area contributed by atoms with Gasteiger partial charge in [0.1, 0.15) is 0 Å². The van der Waals surface area contributed by atoms with Crippen molar-refractivity contribution in [2.75, 3.05) is 5.32 Å². The van der Waals surface area contributed by atoms with Gasteiger partial charge in [0.2, 0.25) is 5.89 Å². The fraction of sp³-hybridized carbons (Fsp3) is 0.364. The van der Waals surface area contributed by atoms with Crippen LogP contribution < -0.4 is 11.1 Å². The molecule has 1 atom stereocenters. The highest BCUT2D eigenvalue weighted by Crippen LogP contribution is 2.13. The van der Waals surface area contributed by atoms with Crippen molar-refractivity contribution in [1.29, 1.82) is 0 Å². The van der Waals surface area contributed by atoms with Gasteiger partial charge in [0.25, 0.3) is 0 Å². The molecule has 2 heterocycles. The largest absolute Gasteiger partial charge is 0.406 e. The normalized spacial score (nSPS) is 12.4. The molecule has 0 fully saturated rings. The van der Waals surface area contributed by atoms with Crippen molar-refractivity contribution < 1.29 is 4.42 Å². The molecule has 3 N–H and O–H groups in total. The predicted molar refractivity (Wildman–Crippen MR) is 63.2 cm³/mol. The highest BCUT2D eigenvalue weighted by atomic mass is 16.4. The molecule has 2 aromatic rings. The van der Waals surface area contributed by atoms with Gasteiger partial charge >= 0.3 is 6.01 Å². The van der Waals surface area contributed by atoms with E-state index in [1.54, 1.807) is 13.1 Å². The van der Waals surface area contributed by atoms with Crippen LogP contribution in [0.3, 0.4) is 0 Å². The van der Waals surface area contributed by atoms with Crippen LogP contribution in [0.4, 0.5) is 6.01 Å². The molecule has 6 nitrogen and oxygen atoms in total. The van der Waals surface area contributed by atoms with E-state index in [-0.39, 0.29) is 6.04 Å². The van der Waals surface area contributed by atoms with Gasteiger partial charge in [0.15, 0.2) is 0 Å². The van der Waals surface area contributed by atoms with Crippen LogP contribution in [-0.2, 0) is 6.54 Å². The van der Waals surface area contributed by atoms with Gasteiger partial charge in [-0.05, 0) is 31.0 Å². The first-order chi connectivity index (χ1) is 8.16. The highest BCUT2D eigenvalue weighted by molar-refractivity contribution is 5.27. The summed E-state index contributed by atoms with van der Waals surface area (Å²) in [5.41, 5.74) is 7.88. The third-order valence-corrected chi connectivity index (χ3v) is 2.40. The van der Waals surface area contributed by atoms with Crippen molar-refractivity contribution in [3.05, 3.63) is 35.5 Å². The van der Waals surface area contributed by atoms with Crippen molar-refractivity contribution in [3.8, 4) is 0 Å². The zero-order valence-corrected chi connectivity index (χ0v) is 9.84. The summed E-state index contributed by atoms with van der Waals surface area (Å²) < 4.78 is 5.33. The van der Waals surface area contributed by atoms with E-state index in [0.717, 1.165) is 11.1 Å². The van der Waals surface area contributed by atoms with Gasteiger partial charge in [0, 0.05) is 18.9 Å². The number of anilines is 1. The number of pyridine rings is 1. The topological polar surface area (TPSA) is 89.9 Å². The minimum atomic E-state index is -0.249. The summed E-state index contributed by atoms with van der Waals surface area (Å²) in [7, 11) is 0.